The summed E-state index contributed by atoms with van der Waals surface area (Å²) in [4.78, 5) is 18.0. The van der Waals surface area contributed by atoms with E-state index in [-0.39, 0.29) is 18.7 Å². The number of anilines is 1. The van der Waals surface area contributed by atoms with Crippen LogP contribution >= 0.6 is 11.6 Å². The van der Waals surface area contributed by atoms with Crippen molar-refractivity contribution >= 4 is 23.4 Å². The molecule has 1 aromatic heterocycles. The molecule has 0 spiro atoms. The van der Waals surface area contributed by atoms with Crippen LogP contribution in [0.5, 0.6) is 0 Å². The maximum Gasteiger partial charge on any atom is 0.315 e. The fourth-order valence-corrected chi connectivity index (χ4v) is 2.44. The first-order chi connectivity index (χ1) is 9.70. The van der Waals surface area contributed by atoms with Crippen LogP contribution in [0.2, 0.25) is 5.02 Å². The fourth-order valence-electron chi connectivity index (χ4n) is 2.20. The van der Waals surface area contributed by atoms with Gasteiger partial charge in [0.25, 0.3) is 0 Å². The topological polar surface area (TPSA) is 77.5 Å². The van der Waals surface area contributed by atoms with Gasteiger partial charge in [0.15, 0.2) is 0 Å². The number of hydrogen-bond acceptors (Lipinski definition) is 4. The van der Waals surface area contributed by atoms with Crippen LogP contribution in [0.4, 0.5) is 10.6 Å². The summed E-state index contributed by atoms with van der Waals surface area (Å²) in [7, 11) is 0. The first-order valence-corrected chi connectivity index (χ1v) is 7.09. The molecule has 1 aromatic rings. The van der Waals surface area contributed by atoms with E-state index < -0.39 is 0 Å². The summed E-state index contributed by atoms with van der Waals surface area (Å²) in [6.07, 6.45) is 3.14. The standard InChI is InChI=1S/C13H19ClN4O2/c14-11-3-1-5-15-12(11)18-7-4-10(9-18)17-13(20)16-6-2-8-19/h1,3,5,10,19H,2,4,6-9H2,(H2,16,17,20). The van der Waals surface area contributed by atoms with Gasteiger partial charge in [-0.25, -0.2) is 9.78 Å². The maximum atomic E-state index is 11.6. The zero-order valence-electron chi connectivity index (χ0n) is 11.2. The van der Waals surface area contributed by atoms with Crippen molar-refractivity contribution in [2.45, 2.75) is 18.9 Å². The molecule has 2 amide bonds. The van der Waals surface area contributed by atoms with Crippen LogP contribution in [0.3, 0.4) is 0 Å². The normalized spacial score (nSPS) is 18.1. The number of aliphatic hydroxyl groups excluding tert-OH is 1. The smallest absolute Gasteiger partial charge is 0.315 e. The summed E-state index contributed by atoms with van der Waals surface area (Å²) < 4.78 is 0. The van der Waals surface area contributed by atoms with Gasteiger partial charge in [-0.2, -0.15) is 0 Å². The zero-order chi connectivity index (χ0) is 14.4. The molecular formula is C13H19ClN4O2. The largest absolute Gasteiger partial charge is 0.396 e. The number of nitrogens with zero attached hydrogens (tertiary/aromatic N) is 2. The molecular weight excluding hydrogens is 280 g/mol. The van der Waals surface area contributed by atoms with Gasteiger partial charge >= 0.3 is 6.03 Å². The third-order valence-electron chi connectivity index (χ3n) is 3.18. The number of amides is 2. The van der Waals surface area contributed by atoms with Gasteiger partial charge in [-0.15, -0.1) is 0 Å². The van der Waals surface area contributed by atoms with Gasteiger partial charge in [0, 0.05) is 38.5 Å². The number of carbonyl (C=O) groups is 1. The Kier molecular flexibility index (Phi) is 5.43. The first kappa shape index (κ1) is 14.9. The minimum absolute atomic E-state index is 0.0790. The van der Waals surface area contributed by atoms with Crippen LogP contribution < -0.4 is 15.5 Å². The van der Waals surface area contributed by atoms with Crippen LogP contribution in [0.1, 0.15) is 12.8 Å². The molecule has 2 heterocycles. The van der Waals surface area contributed by atoms with Crippen LogP contribution in [0.25, 0.3) is 0 Å². The molecule has 2 rings (SSSR count). The lowest BCUT2D eigenvalue weighted by Crippen LogP contribution is -2.43. The van der Waals surface area contributed by atoms with Crippen molar-refractivity contribution in [2.24, 2.45) is 0 Å². The minimum Gasteiger partial charge on any atom is -0.396 e. The van der Waals surface area contributed by atoms with Gasteiger partial charge in [0.2, 0.25) is 0 Å². The summed E-state index contributed by atoms with van der Waals surface area (Å²) in [6.45, 7) is 2.07. The van der Waals surface area contributed by atoms with Gasteiger partial charge in [-0.1, -0.05) is 11.6 Å². The monoisotopic (exact) mass is 298 g/mol. The number of nitrogens with one attached hydrogen (secondary N) is 2. The molecule has 1 unspecified atom stereocenters. The number of halogens is 1. The molecule has 0 bridgehead atoms. The summed E-state index contributed by atoms with van der Waals surface area (Å²) in [6, 6.07) is 3.50. The highest BCUT2D eigenvalue weighted by Crippen LogP contribution is 2.25. The predicted molar refractivity (Wildman–Crippen MR) is 78.1 cm³/mol. The van der Waals surface area contributed by atoms with Crippen LogP contribution in [0.15, 0.2) is 18.3 Å². The highest BCUT2D eigenvalue weighted by Gasteiger charge is 2.25. The maximum absolute atomic E-state index is 11.6. The Bertz CT molecular complexity index is 458. The van der Waals surface area contributed by atoms with Gasteiger partial charge in [0.1, 0.15) is 5.82 Å². The van der Waals surface area contributed by atoms with E-state index in [2.05, 4.69) is 20.5 Å². The lowest BCUT2D eigenvalue weighted by atomic mass is 10.3. The highest BCUT2D eigenvalue weighted by atomic mass is 35.5. The molecule has 1 fully saturated rings. The summed E-state index contributed by atoms with van der Waals surface area (Å²) >= 11 is 6.11. The Labute approximate surface area is 123 Å². The number of aliphatic hydroxyl groups is 1. The van der Waals surface area contributed by atoms with Gasteiger partial charge in [-0.3, -0.25) is 0 Å². The van der Waals surface area contributed by atoms with Crippen molar-refractivity contribution < 1.29 is 9.90 Å². The molecule has 20 heavy (non-hydrogen) atoms. The number of hydrogen-bond donors (Lipinski definition) is 3. The van der Waals surface area contributed by atoms with Crippen molar-refractivity contribution in [1.29, 1.82) is 0 Å². The second-order valence-corrected chi connectivity index (χ2v) is 5.13. The first-order valence-electron chi connectivity index (χ1n) is 6.71. The molecule has 3 N–H and O–H groups in total. The van der Waals surface area contributed by atoms with Crippen LogP contribution in [-0.4, -0.2) is 48.4 Å². The van der Waals surface area contributed by atoms with E-state index in [0.29, 0.717) is 24.5 Å². The fraction of sp³-hybridized carbons (Fsp3) is 0.538. The number of rotatable bonds is 5. The Hall–Kier alpha value is -1.53. The molecule has 110 valence electrons. The Balaban J connectivity index is 1.81. The van der Waals surface area contributed by atoms with Crippen molar-refractivity contribution in [3.8, 4) is 0 Å². The Morgan fingerprint density at radius 3 is 3.20 bits per heavy atom. The number of carbonyl (C=O) groups excluding carboxylic acids is 1. The molecule has 1 aliphatic heterocycles. The SMILES string of the molecule is O=C(NCCCO)NC1CCN(c2ncccc2Cl)C1. The van der Waals surface area contributed by atoms with E-state index in [4.69, 9.17) is 16.7 Å². The molecule has 6 nitrogen and oxygen atoms in total. The van der Waals surface area contributed by atoms with Crippen molar-refractivity contribution in [1.82, 2.24) is 15.6 Å². The van der Waals surface area contributed by atoms with E-state index in [9.17, 15) is 4.79 Å². The second kappa shape index (κ2) is 7.31. The quantitative estimate of drug-likeness (QED) is 0.709. The van der Waals surface area contributed by atoms with E-state index >= 15 is 0 Å². The third-order valence-corrected chi connectivity index (χ3v) is 3.48. The second-order valence-electron chi connectivity index (χ2n) is 4.72. The molecule has 1 saturated heterocycles. The molecule has 1 aliphatic rings. The Morgan fingerprint density at radius 2 is 2.45 bits per heavy atom. The molecule has 0 aliphatic carbocycles. The lowest BCUT2D eigenvalue weighted by molar-refractivity contribution is 0.235. The molecule has 0 radical (unpaired) electrons. The van der Waals surface area contributed by atoms with E-state index in [1.165, 1.54) is 0 Å². The van der Waals surface area contributed by atoms with Crippen molar-refractivity contribution in [3.05, 3.63) is 23.4 Å². The highest BCUT2D eigenvalue weighted by molar-refractivity contribution is 6.32. The summed E-state index contributed by atoms with van der Waals surface area (Å²) in [5.74, 6) is 0.763. The van der Waals surface area contributed by atoms with E-state index in [1.54, 1.807) is 12.3 Å². The van der Waals surface area contributed by atoms with E-state index in [1.807, 2.05) is 6.07 Å². The minimum atomic E-state index is -0.197. The molecule has 1 atom stereocenters. The zero-order valence-corrected chi connectivity index (χ0v) is 11.9. The summed E-state index contributed by atoms with van der Waals surface area (Å²) in [5, 5.41) is 14.9. The molecule has 0 aromatic carbocycles. The Morgan fingerprint density at radius 1 is 1.60 bits per heavy atom. The predicted octanol–water partition coefficient (Wildman–Crippen LogP) is 0.995. The van der Waals surface area contributed by atoms with Gasteiger partial charge in [0.05, 0.1) is 5.02 Å². The molecule has 7 heteroatoms. The van der Waals surface area contributed by atoms with Gasteiger partial charge in [-0.05, 0) is 25.0 Å². The third kappa shape index (κ3) is 3.98. The number of urea groups is 1. The summed E-state index contributed by atoms with van der Waals surface area (Å²) in [5.41, 5.74) is 0. The lowest BCUT2D eigenvalue weighted by Gasteiger charge is -2.19. The average Bonchev–Trinajstić information content (AvgIpc) is 2.88. The van der Waals surface area contributed by atoms with Crippen LogP contribution in [0, 0.1) is 0 Å². The van der Waals surface area contributed by atoms with Crippen molar-refractivity contribution in [2.75, 3.05) is 31.1 Å². The molecule has 0 saturated carbocycles. The number of pyridine rings is 1. The van der Waals surface area contributed by atoms with Crippen molar-refractivity contribution in [3.63, 3.8) is 0 Å². The van der Waals surface area contributed by atoms with Crippen LogP contribution in [-0.2, 0) is 0 Å². The van der Waals surface area contributed by atoms with Gasteiger partial charge < -0.3 is 20.6 Å². The average molecular weight is 299 g/mol. The number of aromatic nitrogens is 1. The van der Waals surface area contributed by atoms with E-state index in [0.717, 1.165) is 18.8 Å².